The van der Waals surface area contributed by atoms with E-state index in [1.807, 2.05) is 11.8 Å². The van der Waals surface area contributed by atoms with Crippen molar-refractivity contribution in [3.8, 4) is 5.75 Å². The predicted octanol–water partition coefficient (Wildman–Crippen LogP) is 0.954. The Morgan fingerprint density at radius 1 is 1.52 bits per heavy atom. The summed E-state index contributed by atoms with van der Waals surface area (Å²) in [6.45, 7) is 3.88. The molecule has 1 aliphatic heterocycles. The lowest BCUT2D eigenvalue weighted by molar-refractivity contribution is -0.136. The number of amides is 1. The summed E-state index contributed by atoms with van der Waals surface area (Å²) >= 11 is 0. The summed E-state index contributed by atoms with van der Waals surface area (Å²) in [6.07, 6.45) is 0. The zero-order valence-corrected chi connectivity index (χ0v) is 12.6. The molecule has 1 aromatic carbocycles. The molecule has 1 aromatic rings. The fraction of sp³-hybridized carbons (Fsp3) is 0.533. The van der Waals surface area contributed by atoms with Crippen molar-refractivity contribution in [3.63, 3.8) is 0 Å². The molecule has 1 aliphatic rings. The average Bonchev–Trinajstić information content (AvgIpc) is 2.45. The lowest BCUT2D eigenvalue weighted by atomic mass is 10.0. The molecule has 2 unspecified atom stereocenters. The third kappa shape index (κ3) is 3.33. The van der Waals surface area contributed by atoms with Crippen LogP contribution < -0.4 is 5.32 Å². The van der Waals surface area contributed by atoms with E-state index >= 15 is 0 Å². The van der Waals surface area contributed by atoms with E-state index in [1.54, 1.807) is 25.1 Å². The van der Waals surface area contributed by atoms with E-state index in [2.05, 4.69) is 5.32 Å². The molecule has 2 rings (SSSR count). The summed E-state index contributed by atoms with van der Waals surface area (Å²) < 4.78 is 14.0. The second-order valence-corrected chi connectivity index (χ2v) is 5.57. The molecule has 1 amide bonds. The lowest BCUT2D eigenvalue weighted by Crippen LogP contribution is -2.58. The van der Waals surface area contributed by atoms with Gasteiger partial charge in [0.1, 0.15) is 17.6 Å². The van der Waals surface area contributed by atoms with Crippen LogP contribution in [0.5, 0.6) is 5.75 Å². The second kappa shape index (κ2) is 6.41. The monoisotopic (exact) mass is 295 g/mol. The van der Waals surface area contributed by atoms with Gasteiger partial charge in [-0.25, -0.2) is 4.39 Å². The Morgan fingerprint density at radius 2 is 2.24 bits per heavy atom. The smallest absolute Gasteiger partial charge is 0.240 e. The molecule has 1 saturated heterocycles. The molecular weight excluding hydrogens is 273 g/mol. The van der Waals surface area contributed by atoms with Crippen molar-refractivity contribution in [2.24, 2.45) is 0 Å². The van der Waals surface area contributed by atoms with Gasteiger partial charge in [-0.05, 0) is 13.0 Å². The van der Waals surface area contributed by atoms with Crippen molar-refractivity contribution < 1.29 is 14.3 Å². The number of carbonyl (C=O) groups is 1. The highest BCUT2D eigenvalue weighted by molar-refractivity contribution is 5.81. The first kappa shape index (κ1) is 15.7. The summed E-state index contributed by atoms with van der Waals surface area (Å²) in [5.74, 6) is -0.532. The van der Waals surface area contributed by atoms with Gasteiger partial charge < -0.3 is 15.3 Å². The van der Waals surface area contributed by atoms with E-state index in [-0.39, 0.29) is 23.7 Å². The van der Waals surface area contributed by atoms with E-state index in [0.717, 1.165) is 12.6 Å². The number of carbonyl (C=O) groups excluding carboxylic acids is 1. The van der Waals surface area contributed by atoms with Gasteiger partial charge in [-0.3, -0.25) is 9.69 Å². The Kier molecular flexibility index (Phi) is 4.80. The zero-order chi connectivity index (χ0) is 15.6. The van der Waals surface area contributed by atoms with Crippen molar-refractivity contribution in [1.82, 2.24) is 15.1 Å². The van der Waals surface area contributed by atoms with Crippen LogP contribution in [0.4, 0.5) is 4.39 Å². The normalized spacial score (nSPS) is 21.0. The Hall–Kier alpha value is -1.66. The number of nitrogens with one attached hydrogen (secondary N) is 1. The van der Waals surface area contributed by atoms with E-state index in [1.165, 1.54) is 6.07 Å². The van der Waals surface area contributed by atoms with Gasteiger partial charge in [0.05, 0.1) is 0 Å². The first-order valence-electron chi connectivity index (χ1n) is 7.08. The van der Waals surface area contributed by atoms with Crippen molar-refractivity contribution in [2.45, 2.75) is 19.0 Å². The van der Waals surface area contributed by atoms with Crippen LogP contribution in [0.25, 0.3) is 0 Å². The highest BCUT2D eigenvalue weighted by atomic mass is 19.1. The maximum absolute atomic E-state index is 14.0. The Balaban J connectivity index is 2.26. The molecule has 6 heteroatoms. The molecule has 116 valence electrons. The van der Waals surface area contributed by atoms with Gasteiger partial charge in [-0.1, -0.05) is 6.07 Å². The molecule has 0 aliphatic carbocycles. The van der Waals surface area contributed by atoms with Crippen LogP contribution in [-0.4, -0.2) is 60.6 Å². The molecule has 2 N–H and O–H groups in total. The summed E-state index contributed by atoms with van der Waals surface area (Å²) in [5.41, 5.74) is 0.492. The van der Waals surface area contributed by atoms with Crippen molar-refractivity contribution in [2.75, 3.05) is 33.7 Å². The van der Waals surface area contributed by atoms with Crippen molar-refractivity contribution in [1.29, 1.82) is 0 Å². The van der Waals surface area contributed by atoms with Crippen LogP contribution in [0.3, 0.4) is 0 Å². The minimum atomic E-state index is -0.447. The standard InChI is InChI=1S/C15H22FN3O2/c1-10(12-5-4-11(20)8-13(12)16)19-7-6-17-9-14(19)15(21)18(2)3/h4-5,8,10,14,17,20H,6-7,9H2,1-3H3. The van der Waals surface area contributed by atoms with Gasteiger partial charge in [0.25, 0.3) is 0 Å². The van der Waals surface area contributed by atoms with Gasteiger partial charge in [0.15, 0.2) is 0 Å². The van der Waals surface area contributed by atoms with E-state index < -0.39 is 5.82 Å². The highest BCUT2D eigenvalue weighted by Gasteiger charge is 2.34. The molecule has 0 saturated carbocycles. The van der Waals surface area contributed by atoms with Crippen LogP contribution in [0, 0.1) is 5.82 Å². The predicted molar refractivity (Wildman–Crippen MR) is 78.5 cm³/mol. The van der Waals surface area contributed by atoms with Crippen LogP contribution in [0.15, 0.2) is 18.2 Å². The van der Waals surface area contributed by atoms with Crippen LogP contribution in [0.1, 0.15) is 18.5 Å². The zero-order valence-electron chi connectivity index (χ0n) is 12.6. The summed E-state index contributed by atoms with van der Waals surface area (Å²) in [5, 5.41) is 12.5. The van der Waals surface area contributed by atoms with Gasteiger partial charge >= 0.3 is 0 Å². The Morgan fingerprint density at radius 3 is 2.86 bits per heavy atom. The number of hydrogen-bond acceptors (Lipinski definition) is 4. The van der Waals surface area contributed by atoms with Crippen LogP contribution >= 0.6 is 0 Å². The minimum Gasteiger partial charge on any atom is -0.508 e. The minimum absolute atomic E-state index is 0.00763. The van der Waals surface area contributed by atoms with Gasteiger partial charge in [0.2, 0.25) is 5.91 Å². The van der Waals surface area contributed by atoms with Crippen molar-refractivity contribution in [3.05, 3.63) is 29.6 Å². The largest absolute Gasteiger partial charge is 0.508 e. The van der Waals surface area contributed by atoms with Gasteiger partial charge in [0, 0.05) is 51.4 Å². The quantitative estimate of drug-likeness (QED) is 0.872. The van der Waals surface area contributed by atoms with Crippen LogP contribution in [-0.2, 0) is 4.79 Å². The topological polar surface area (TPSA) is 55.8 Å². The molecule has 2 atom stereocenters. The molecule has 0 bridgehead atoms. The number of nitrogens with zero attached hydrogens (tertiary/aromatic N) is 2. The number of piperazine rings is 1. The number of likely N-dealkylation sites (N-methyl/N-ethyl adjacent to an activating group) is 1. The molecule has 5 nitrogen and oxygen atoms in total. The first-order chi connectivity index (χ1) is 9.91. The highest BCUT2D eigenvalue weighted by Crippen LogP contribution is 2.28. The summed E-state index contributed by atoms with van der Waals surface area (Å²) in [4.78, 5) is 15.9. The fourth-order valence-corrected chi connectivity index (χ4v) is 2.74. The maximum Gasteiger partial charge on any atom is 0.240 e. The number of halogens is 1. The van der Waals surface area contributed by atoms with Crippen molar-refractivity contribution >= 4 is 5.91 Å². The SMILES string of the molecule is CC(c1ccc(O)cc1F)N1CCNCC1C(=O)N(C)C. The first-order valence-corrected chi connectivity index (χ1v) is 7.08. The average molecular weight is 295 g/mol. The van der Waals surface area contributed by atoms with E-state index in [9.17, 15) is 14.3 Å². The molecule has 21 heavy (non-hydrogen) atoms. The summed E-state index contributed by atoms with van der Waals surface area (Å²) in [6, 6.07) is 3.61. The molecule has 1 heterocycles. The molecular formula is C15H22FN3O2. The third-order valence-electron chi connectivity index (χ3n) is 3.94. The summed E-state index contributed by atoms with van der Waals surface area (Å²) in [7, 11) is 3.45. The number of aromatic hydroxyl groups is 1. The lowest BCUT2D eigenvalue weighted by Gasteiger charge is -2.40. The molecule has 0 spiro atoms. The molecule has 1 fully saturated rings. The van der Waals surface area contributed by atoms with E-state index in [0.29, 0.717) is 18.7 Å². The number of benzene rings is 1. The second-order valence-electron chi connectivity index (χ2n) is 5.57. The van der Waals surface area contributed by atoms with Gasteiger partial charge in [-0.15, -0.1) is 0 Å². The Bertz CT molecular complexity index is 522. The van der Waals surface area contributed by atoms with Gasteiger partial charge in [-0.2, -0.15) is 0 Å². The number of phenolic OH excluding ortho intramolecular Hbond substituents is 1. The van der Waals surface area contributed by atoms with E-state index in [4.69, 9.17) is 0 Å². The molecule has 0 aromatic heterocycles. The third-order valence-corrected chi connectivity index (χ3v) is 3.94. The molecule has 0 radical (unpaired) electrons. The number of rotatable bonds is 3. The van der Waals surface area contributed by atoms with Crippen LogP contribution in [0.2, 0.25) is 0 Å². The number of hydrogen-bond donors (Lipinski definition) is 2. The Labute approximate surface area is 124 Å². The fourth-order valence-electron chi connectivity index (χ4n) is 2.74. The maximum atomic E-state index is 14.0. The number of phenols is 1.